The van der Waals surface area contributed by atoms with Crippen LogP contribution in [0.5, 0.6) is 0 Å². The van der Waals surface area contributed by atoms with Crippen LogP contribution in [0.1, 0.15) is 18.7 Å². The number of benzene rings is 1. The fourth-order valence-electron chi connectivity index (χ4n) is 6.16. The minimum atomic E-state index is -0.564. The van der Waals surface area contributed by atoms with Crippen LogP contribution in [-0.2, 0) is 36.8 Å². The molecule has 10 nitrogen and oxygen atoms in total. The van der Waals surface area contributed by atoms with Crippen LogP contribution in [0.3, 0.4) is 0 Å². The molecule has 0 atom stereocenters. The summed E-state index contributed by atoms with van der Waals surface area (Å²) in [6, 6.07) is 5.66. The van der Waals surface area contributed by atoms with E-state index in [1.807, 2.05) is 35.4 Å². The highest BCUT2D eigenvalue weighted by Gasteiger charge is 2.53. The van der Waals surface area contributed by atoms with Gasteiger partial charge in [0.1, 0.15) is 12.4 Å². The Morgan fingerprint density at radius 3 is 2.47 bits per heavy atom. The number of ether oxygens (including phenoxy) is 4. The number of nitriles is 1. The third-order valence-corrected chi connectivity index (χ3v) is 8.55. The van der Waals surface area contributed by atoms with Crippen LogP contribution in [0, 0.1) is 29.0 Å². The van der Waals surface area contributed by atoms with Crippen LogP contribution in [0.15, 0.2) is 41.7 Å². The van der Waals surface area contributed by atoms with Crippen molar-refractivity contribution < 1.29 is 23.7 Å². The summed E-state index contributed by atoms with van der Waals surface area (Å²) < 4.78 is 24.2. The monoisotopic (exact) mass is 605 g/mol. The molecule has 0 saturated carbocycles. The molecule has 0 aliphatic carbocycles. The standard InChI is InChI=1S/C31H37BClN5O5/c1-2-12-40-14-16-42-18-19-43-17-15-41-13-11-37-27-4-3-24(33)20-26(27)36-29(37)22-38-28-21-35-10-5-25(28)31(30(38)39)6-8-32(23-34)9-7-31/h1,3-5,10,20,35H,6-9,11-19,21-22H2. The van der Waals surface area contributed by atoms with E-state index in [0.29, 0.717) is 83.7 Å². The van der Waals surface area contributed by atoms with Gasteiger partial charge >= 0.3 is 0 Å². The van der Waals surface area contributed by atoms with Crippen LogP contribution < -0.4 is 5.32 Å². The third kappa shape index (κ3) is 7.09. The number of halogens is 1. The molecule has 5 rings (SSSR count). The van der Waals surface area contributed by atoms with Crippen molar-refractivity contribution in [2.75, 3.05) is 59.4 Å². The summed E-state index contributed by atoms with van der Waals surface area (Å²) in [6.45, 7) is 5.05. The van der Waals surface area contributed by atoms with Crippen molar-refractivity contribution in [2.24, 2.45) is 5.41 Å². The smallest absolute Gasteiger partial charge is 0.267 e. The Balaban J connectivity index is 1.20. The molecule has 1 aromatic heterocycles. The number of hydrogen-bond donors (Lipinski definition) is 1. The molecule has 1 saturated heterocycles. The molecule has 2 aromatic rings. The molecule has 0 bridgehead atoms. The number of amides is 1. The van der Waals surface area contributed by atoms with Crippen molar-refractivity contribution >= 4 is 35.3 Å². The zero-order valence-corrected chi connectivity index (χ0v) is 25.1. The molecule has 1 fully saturated rings. The Kier molecular flexibility index (Phi) is 10.8. The van der Waals surface area contributed by atoms with Gasteiger partial charge in [-0.2, -0.15) is 0 Å². The first-order chi connectivity index (χ1) is 21.1. The first-order valence-corrected chi connectivity index (χ1v) is 15.2. The molecule has 1 aromatic carbocycles. The Hall–Kier alpha value is -3.32. The molecule has 1 spiro atoms. The second-order valence-electron chi connectivity index (χ2n) is 10.9. The van der Waals surface area contributed by atoms with E-state index in [1.165, 1.54) is 0 Å². The number of carbonyl (C=O) groups is 1. The summed E-state index contributed by atoms with van der Waals surface area (Å²) >= 11 is 6.30. The van der Waals surface area contributed by atoms with Gasteiger partial charge in [0, 0.05) is 23.2 Å². The maximum Gasteiger partial charge on any atom is 0.267 e. The third-order valence-electron chi connectivity index (χ3n) is 8.32. The number of nitrogens with zero attached hydrogens (tertiary/aromatic N) is 4. The summed E-state index contributed by atoms with van der Waals surface area (Å²) in [6.07, 6.45) is 12.0. The lowest BCUT2D eigenvalue weighted by Gasteiger charge is -2.34. The summed E-state index contributed by atoms with van der Waals surface area (Å²) in [5.41, 5.74) is 3.24. The van der Waals surface area contributed by atoms with E-state index in [0.717, 1.165) is 40.8 Å². The Morgan fingerprint density at radius 2 is 1.77 bits per heavy atom. The van der Waals surface area contributed by atoms with Gasteiger partial charge in [0.15, 0.2) is 0 Å². The molecule has 43 heavy (non-hydrogen) atoms. The van der Waals surface area contributed by atoms with Gasteiger partial charge < -0.3 is 33.7 Å². The van der Waals surface area contributed by atoms with E-state index in [2.05, 4.69) is 21.8 Å². The first-order valence-electron chi connectivity index (χ1n) is 14.8. The first kappa shape index (κ1) is 31.1. The number of aromatic nitrogens is 2. The van der Waals surface area contributed by atoms with Crippen LogP contribution in [0.25, 0.3) is 11.0 Å². The molecule has 226 valence electrons. The molecule has 1 N–H and O–H groups in total. The van der Waals surface area contributed by atoms with Crippen molar-refractivity contribution in [3.63, 3.8) is 0 Å². The Morgan fingerprint density at radius 1 is 1.07 bits per heavy atom. The van der Waals surface area contributed by atoms with E-state index in [9.17, 15) is 10.1 Å². The van der Waals surface area contributed by atoms with Gasteiger partial charge in [-0.15, -0.1) is 6.42 Å². The van der Waals surface area contributed by atoms with Gasteiger partial charge in [-0.25, -0.2) is 10.2 Å². The van der Waals surface area contributed by atoms with E-state index < -0.39 is 5.41 Å². The number of terminal acetylenes is 1. The number of nitrogens with one attached hydrogen (secondary N) is 1. The number of carbonyl (C=O) groups excluding carboxylic acids is 1. The lowest BCUT2D eigenvalue weighted by Crippen LogP contribution is -2.41. The second-order valence-corrected chi connectivity index (χ2v) is 11.3. The largest absolute Gasteiger partial charge is 0.385 e. The minimum Gasteiger partial charge on any atom is -0.385 e. The average molecular weight is 606 g/mol. The van der Waals surface area contributed by atoms with Crippen LogP contribution in [-0.4, -0.2) is 86.5 Å². The van der Waals surface area contributed by atoms with E-state index >= 15 is 0 Å². The van der Waals surface area contributed by atoms with Gasteiger partial charge in [0.2, 0.25) is 5.91 Å². The molecule has 0 radical (unpaired) electrons. The second kappa shape index (κ2) is 14.9. The average Bonchev–Trinajstić information content (AvgIpc) is 3.47. The van der Waals surface area contributed by atoms with Crippen molar-refractivity contribution in [3.8, 4) is 18.3 Å². The summed E-state index contributed by atoms with van der Waals surface area (Å²) in [4.78, 5) is 20.9. The number of hydrogen-bond acceptors (Lipinski definition) is 8. The van der Waals surface area contributed by atoms with E-state index in [4.69, 9.17) is 42.0 Å². The number of imidazole rings is 1. The molecule has 0 unspecified atom stereocenters. The quantitative estimate of drug-likeness (QED) is 0.187. The zero-order chi connectivity index (χ0) is 30.1. The number of fused-ring (bicyclic) bond motifs is 2. The molecular weight excluding hydrogens is 569 g/mol. The van der Waals surface area contributed by atoms with Gasteiger partial charge in [0.05, 0.1) is 75.8 Å². The predicted molar refractivity (Wildman–Crippen MR) is 164 cm³/mol. The topological polar surface area (TPSA) is 111 Å². The Bertz CT molecular complexity index is 1440. The van der Waals surface area contributed by atoms with Crippen LogP contribution in [0.4, 0.5) is 0 Å². The lowest BCUT2D eigenvalue weighted by molar-refractivity contribution is -0.136. The maximum atomic E-state index is 14.1. The lowest BCUT2D eigenvalue weighted by atomic mass is 9.39. The van der Waals surface area contributed by atoms with Crippen molar-refractivity contribution in [1.29, 1.82) is 5.26 Å². The highest BCUT2D eigenvalue weighted by atomic mass is 35.5. The van der Waals surface area contributed by atoms with Crippen molar-refractivity contribution in [1.82, 2.24) is 19.8 Å². The van der Waals surface area contributed by atoms with Gasteiger partial charge in [0.25, 0.3) is 6.71 Å². The Labute approximate surface area is 258 Å². The number of dihydropyridines is 1. The normalized spacial score (nSPS) is 17.4. The maximum absolute atomic E-state index is 14.1. The van der Waals surface area contributed by atoms with Crippen LogP contribution in [0.2, 0.25) is 17.7 Å². The molecule has 1 amide bonds. The minimum absolute atomic E-state index is 0.0135. The molecule has 4 heterocycles. The van der Waals surface area contributed by atoms with E-state index in [-0.39, 0.29) is 19.2 Å². The van der Waals surface area contributed by atoms with Gasteiger partial charge in [-0.1, -0.05) is 30.2 Å². The number of allylic oxidation sites excluding steroid dienone is 1. The van der Waals surface area contributed by atoms with Crippen molar-refractivity contribution in [3.05, 3.63) is 52.6 Å². The van der Waals surface area contributed by atoms with Gasteiger partial charge in [-0.3, -0.25) is 4.79 Å². The number of rotatable bonds is 15. The zero-order valence-electron chi connectivity index (χ0n) is 24.4. The molecule has 3 aliphatic rings. The highest BCUT2D eigenvalue weighted by molar-refractivity contribution is 6.67. The summed E-state index contributed by atoms with van der Waals surface area (Å²) in [5, 5.41) is 13.3. The molecule has 12 heteroatoms. The summed E-state index contributed by atoms with van der Waals surface area (Å²) in [5.74, 6) is 5.69. The van der Waals surface area contributed by atoms with Crippen molar-refractivity contribution in [2.45, 2.75) is 38.6 Å². The SMILES string of the molecule is C#CCOCCOCCOCCOCCn1c(CN2C(=O)C3(CCB(C#N)CC3)C3=C2CNC=C3)nc2cc(Cl)ccc21. The predicted octanol–water partition coefficient (Wildman–Crippen LogP) is 3.44. The fraction of sp³-hybridized carbons (Fsp3) is 0.516. The van der Waals surface area contributed by atoms with E-state index in [1.54, 1.807) is 0 Å². The van der Waals surface area contributed by atoms with Gasteiger partial charge in [-0.05, 0) is 48.9 Å². The highest BCUT2D eigenvalue weighted by Crippen LogP contribution is 2.51. The fourth-order valence-corrected chi connectivity index (χ4v) is 6.33. The summed E-state index contributed by atoms with van der Waals surface area (Å²) in [7, 11) is 0. The molecular formula is C31H37BClN5O5. The van der Waals surface area contributed by atoms with Crippen LogP contribution >= 0.6 is 11.6 Å². The molecule has 3 aliphatic heterocycles.